The van der Waals surface area contributed by atoms with E-state index in [2.05, 4.69) is 0 Å². The Balaban J connectivity index is 1.27. The molecule has 5 unspecified atom stereocenters. The number of hydrogen-bond donors (Lipinski definition) is 3. The lowest BCUT2D eigenvalue weighted by molar-refractivity contribution is -0.204. The van der Waals surface area contributed by atoms with Crippen molar-refractivity contribution in [3.8, 4) is 5.75 Å². The summed E-state index contributed by atoms with van der Waals surface area (Å²) < 4.78 is 31.0. The van der Waals surface area contributed by atoms with Crippen LogP contribution in [0.25, 0.3) is 0 Å². The molecule has 1 saturated carbocycles. The van der Waals surface area contributed by atoms with Gasteiger partial charge in [0.2, 0.25) is 0 Å². The molecule has 0 aromatic heterocycles. The van der Waals surface area contributed by atoms with Gasteiger partial charge < -0.3 is 39.0 Å². The van der Waals surface area contributed by atoms with Crippen molar-refractivity contribution < 1.29 is 39.0 Å². The Morgan fingerprint density at radius 1 is 0.593 bits per heavy atom. The second-order valence-corrected chi connectivity index (χ2v) is 14.0. The molecule has 0 saturated heterocycles. The molecule has 0 amide bonds. The summed E-state index contributed by atoms with van der Waals surface area (Å²) in [5, 5.41) is 34.4. The zero-order valence-electron chi connectivity index (χ0n) is 30.3. The summed E-state index contributed by atoms with van der Waals surface area (Å²) in [4.78, 5) is 0. The first-order valence-corrected chi connectivity index (χ1v) is 18.9. The zero-order chi connectivity index (χ0) is 37.5. The lowest BCUT2D eigenvalue weighted by atomic mass is 9.92. The minimum atomic E-state index is -1.34. The molecular weight excluding hydrogens is 704 g/mol. The molecule has 284 valence electrons. The third kappa shape index (κ3) is 12.0. The molecule has 5 aromatic carbocycles. The van der Waals surface area contributed by atoms with E-state index in [0.29, 0.717) is 36.3 Å². The molecule has 0 radical (unpaired) electrons. The first kappa shape index (κ1) is 39.6. The standard InChI is InChI=1S/C45H49ClO8/c46-40-23-18-36(27-37(40)26-32-16-19-38(20-17-32)50-24-25-51-39-21-22-39)42(49)44(53-30-34-12-6-2-7-13-34)45(54-31-35-14-8-3-9-15-35)43(41(48)28-47)52-29-33-10-4-1-5-11-33/h1-20,23,27,39,41-45,47-49H,21-22,24-26,28-31H2. The van der Waals surface area contributed by atoms with E-state index in [0.717, 1.165) is 46.4 Å². The average Bonchev–Trinajstić information content (AvgIpc) is 4.05. The van der Waals surface area contributed by atoms with Crippen LogP contribution >= 0.6 is 11.6 Å². The van der Waals surface area contributed by atoms with Crippen LogP contribution in [0.5, 0.6) is 5.75 Å². The smallest absolute Gasteiger partial charge is 0.119 e. The molecule has 3 N–H and O–H groups in total. The highest BCUT2D eigenvalue weighted by Crippen LogP contribution is 2.32. The highest BCUT2D eigenvalue weighted by molar-refractivity contribution is 6.31. The Labute approximate surface area is 322 Å². The van der Waals surface area contributed by atoms with Gasteiger partial charge in [0.1, 0.15) is 42.9 Å². The normalized spacial score (nSPS) is 15.6. The van der Waals surface area contributed by atoms with Crippen molar-refractivity contribution >= 4 is 11.6 Å². The summed E-state index contributed by atoms with van der Waals surface area (Å²) in [5.41, 5.74) is 5.04. The third-order valence-corrected chi connectivity index (χ3v) is 9.71. The van der Waals surface area contributed by atoms with E-state index in [4.69, 9.17) is 35.3 Å². The van der Waals surface area contributed by atoms with Crippen molar-refractivity contribution in [1.29, 1.82) is 0 Å². The van der Waals surface area contributed by atoms with Crippen LogP contribution in [0, 0.1) is 0 Å². The second-order valence-electron chi connectivity index (χ2n) is 13.6. The fourth-order valence-electron chi connectivity index (χ4n) is 6.21. The molecule has 5 aromatic rings. The summed E-state index contributed by atoms with van der Waals surface area (Å²) in [6.45, 7) is 0.915. The van der Waals surface area contributed by atoms with E-state index in [9.17, 15) is 15.3 Å². The molecule has 0 spiro atoms. The molecule has 1 fully saturated rings. The Morgan fingerprint density at radius 2 is 1.13 bits per heavy atom. The maximum atomic E-state index is 12.3. The topological polar surface area (TPSA) is 107 Å². The molecule has 54 heavy (non-hydrogen) atoms. The van der Waals surface area contributed by atoms with Crippen molar-refractivity contribution in [3.05, 3.63) is 172 Å². The number of benzene rings is 5. The summed E-state index contributed by atoms with van der Waals surface area (Å²) in [5.74, 6) is 0.766. The average molecular weight is 753 g/mol. The van der Waals surface area contributed by atoms with Crippen LogP contribution in [-0.4, -0.2) is 65.7 Å². The van der Waals surface area contributed by atoms with Crippen LogP contribution in [0.15, 0.2) is 133 Å². The van der Waals surface area contributed by atoms with Gasteiger partial charge in [-0.05, 0) is 70.8 Å². The van der Waals surface area contributed by atoms with E-state index in [1.165, 1.54) is 0 Å². The SMILES string of the molecule is OCC(O)C(OCc1ccccc1)C(OCc1ccccc1)C(OCc1ccccc1)C(O)c1ccc(Cl)c(Cc2ccc(OCCOC3CC3)cc2)c1. The predicted octanol–water partition coefficient (Wildman–Crippen LogP) is 7.63. The summed E-state index contributed by atoms with van der Waals surface area (Å²) >= 11 is 6.75. The minimum Gasteiger partial charge on any atom is -0.491 e. The van der Waals surface area contributed by atoms with Crippen LogP contribution < -0.4 is 4.74 Å². The van der Waals surface area contributed by atoms with Gasteiger partial charge in [-0.1, -0.05) is 127 Å². The molecule has 1 aliphatic rings. The highest BCUT2D eigenvalue weighted by atomic mass is 35.5. The van der Waals surface area contributed by atoms with E-state index >= 15 is 0 Å². The summed E-state index contributed by atoms with van der Waals surface area (Å²) in [6, 6.07) is 42.1. The minimum absolute atomic E-state index is 0.137. The molecule has 0 heterocycles. The first-order valence-electron chi connectivity index (χ1n) is 18.5. The van der Waals surface area contributed by atoms with Crippen LogP contribution in [0.4, 0.5) is 0 Å². The lowest BCUT2D eigenvalue weighted by Crippen LogP contribution is -2.51. The van der Waals surface area contributed by atoms with Crippen LogP contribution in [0.1, 0.15) is 52.3 Å². The van der Waals surface area contributed by atoms with Gasteiger partial charge in [-0.15, -0.1) is 0 Å². The Hall–Kier alpha value is -4.09. The van der Waals surface area contributed by atoms with E-state index in [1.54, 1.807) is 12.1 Å². The number of aliphatic hydroxyl groups is 3. The van der Waals surface area contributed by atoms with Crippen LogP contribution in [0.2, 0.25) is 5.02 Å². The van der Waals surface area contributed by atoms with Crippen molar-refractivity contribution in [2.24, 2.45) is 0 Å². The van der Waals surface area contributed by atoms with Crippen molar-refractivity contribution in [1.82, 2.24) is 0 Å². The molecule has 5 atom stereocenters. The Kier molecular flexibility index (Phi) is 15.1. The summed E-state index contributed by atoms with van der Waals surface area (Å²) in [6.07, 6.45) is -2.57. The largest absolute Gasteiger partial charge is 0.491 e. The zero-order valence-corrected chi connectivity index (χ0v) is 31.0. The maximum absolute atomic E-state index is 12.3. The number of hydrogen-bond acceptors (Lipinski definition) is 8. The van der Waals surface area contributed by atoms with Gasteiger partial charge in [0.25, 0.3) is 0 Å². The molecule has 8 nitrogen and oxygen atoms in total. The fraction of sp³-hybridized carbons (Fsp3) is 0.333. The fourth-order valence-corrected chi connectivity index (χ4v) is 6.39. The van der Waals surface area contributed by atoms with Gasteiger partial charge in [-0.25, -0.2) is 0 Å². The molecule has 9 heteroatoms. The Bertz CT molecular complexity index is 1810. The van der Waals surface area contributed by atoms with Gasteiger partial charge in [-0.3, -0.25) is 0 Å². The van der Waals surface area contributed by atoms with Crippen LogP contribution in [-0.2, 0) is 45.2 Å². The van der Waals surface area contributed by atoms with Gasteiger partial charge in [0, 0.05) is 5.02 Å². The van der Waals surface area contributed by atoms with E-state index in [-0.39, 0.29) is 19.8 Å². The van der Waals surface area contributed by atoms with Gasteiger partial charge in [-0.2, -0.15) is 0 Å². The van der Waals surface area contributed by atoms with Crippen LogP contribution in [0.3, 0.4) is 0 Å². The summed E-state index contributed by atoms with van der Waals surface area (Å²) in [7, 11) is 0. The predicted molar refractivity (Wildman–Crippen MR) is 208 cm³/mol. The highest BCUT2D eigenvalue weighted by Gasteiger charge is 2.41. The maximum Gasteiger partial charge on any atom is 0.119 e. The van der Waals surface area contributed by atoms with Crippen molar-refractivity contribution in [2.75, 3.05) is 19.8 Å². The number of aliphatic hydroxyl groups excluding tert-OH is 3. The Morgan fingerprint density at radius 3 is 1.67 bits per heavy atom. The molecule has 0 aliphatic heterocycles. The quantitative estimate of drug-likeness (QED) is 0.0620. The lowest BCUT2D eigenvalue weighted by Gasteiger charge is -2.38. The molecule has 1 aliphatic carbocycles. The molecule has 6 rings (SSSR count). The second kappa shape index (κ2) is 20.6. The molecular formula is C45H49ClO8. The van der Waals surface area contributed by atoms with Gasteiger partial charge >= 0.3 is 0 Å². The first-order chi connectivity index (χ1) is 26.5. The number of halogens is 1. The van der Waals surface area contributed by atoms with E-state index in [1.807, 2.05) is 121 Å². The van der Waals surface area contributed by atoms with Gasteiger partial charge in [0.05, 0.1) is 39.1 Å². The monoisotopic (exact) mass is 752 g/mol. The van der Waals surface area contributed by atoms with Crippen molar-refractivity contribution in [2.45, 2.75) is 75.7 Å². The third-order valence-electron chi connectivity index (χ3n) is 9.34. The van der Waals surface area contributed by atoms with Crippen molar-refractivity contribution in [3.63, 3.8) is 0 Å². The van der Waals surface area contributed by atoms with Gasteiger partial charge in [0.15, 0.2) is 0 Å². The van der Waals surface area contributed by atoms with E-state index < -0.39 is 37.1 Å². The number of ether oxygens (including phenoxy) is 5. The number of rotatable bonds is 22. The molecule has 0 bridgehead atoms.